The Labute approximate surface area is 229 Å². The van der Waals surface area contributed by atoms with Crippen LogP contribution in [0.15, 0.2) is 59.6 Å². The molecule has 0 amide bonds. The van der Waals surface area contributed by atoms with Gasteiger partial charge in [-0.1, -0.05) is 11.6 Å². The maximum Gasteiger partial charge on any atom is 0.303 e. The zero-order chi connectivity index (χ0) is 26.0. The summed E-state index contributed by atoms with van der Waals surface area (Å²) in [6.07, 6.45) is 8.44. The van der Waals surface area contributed by atoms with Gasteiger partial charge in [-0.15, -0.1) is 11.8 Å². The number of methoxy groups -OCH3 is 1. The van der Waals surface area contributed by atoms with Gasteiger partial charge in [-0.2, -0.15) is 0 Å². The number of benzene rings is 2. The predicted molar refractivity (Wildman–Crippen MR) is 153 cm³/mol. The molecule has 0 aliphatic carbocycles. The molecular weight excluding hydrogens is 504 g/mol. The molecule has 1 fully saturated rings. The van der Waals surface area contributed by atoms with Crippen LogP contribution in [0.3, 0.4) is 0 Å². The number of carboxylic acid groups (broad SMARTS) is 1. The molecule has 1 N–H and O–H groups in total. The molecular formula is C30H37ClN2O3S. The number of hydrogen-bond acceptors (Lipinski definition) is 5. The van der Waals surface area contributed by atoms with Crippen LogP contribution in [0.25, 0.3) is 10.9 Å². The van der Waals surface area contributed by atoms with Gasteiger partial charge in [-0.3, -0.25) is 9.78 Å². The van der Waals surface area contributed by atoms with Crippen LogP contribution in [0.5, 0.6) is 5.75 Å². The summed E-state index contributed by atoms with van der Waals surface area (Å²) in [5, 5.41) is 11.3. The highest BCUT2D eigenvalue weighted by Crippen LogP contribution is 2.33. The molecule has 2 aromatic carbocycles. The second-order valence-corrected chi connectivity index (χ2v) is 11.5. The molecule has 1 aliphatic heterocycles. The fourth-order valence-electron chi connectivity index (χ4n) is 5.47. The van der Waals surface area contributed by atoms with Gasteiger partial charge in [0.2, 0.25) is 0 Å². The zero-order valence-corrected chi connectivity index (χ0v) is 23.1. The van der Waals surface area contributed by atoms with E-state index < -0.39 is 5.97 Å². The molecule has 5 nitrogen and oxygen atoms in total. The first kappa shape index (κ1) is 27.7. The van der Waals surface area contributed by atoms with Gasteiger partial charge in [-0.05, 0) is 123 Å². The summed E-state index contributed by atoms with van der Waals surface area (Å²) < 4.78 is 5.42. The number of nitrogens with zero attached hydrogens (tertiary/aromatic N) is 2. The van der Waals surface area contributed by atoms with E-state index in [1.165, 1.54) is 10.5 Å². The molecule has 1 aliphatic rings. The number of ether oxygens (including phenoxy) is 1. The van der Waals surface area contributed by atoms with Gasteiger partial charge in [0.05, 0.1) is 12.6 Å². The number of fused-ring (bicyclic) bond motifs is 1. The van der Waals surface area contributed by atoms with Crippen LogP contribution in [0, 0.1) is 11.8 Å². The Morgan fingerprint density at radius 2 is 1.97 bits per heavy atom. The first-order chi connectivity index (χ1) is 18.0. The Balaban J connectivity index is 1.28. The van der Waals surface area contributed by atoms with Crippen molar-refractivity contribution < 1.29 is 14.6 Å². The van der Waals surface area contributed by atoms with Gasteiger partial charge < -0.3 is 14.7 Å². The molecule has 2 atom stereocenters. The minimum atomic E-state index is -0.688. The molecule has 37 heavy (non-hydrogen) atoms. The molecule has 1 saturated heterocycles. The van der Waals surface area contributed by atoms with Crippen molar-refractivity contribution in [3.63, 3.8) is 0 Å². The zero-order valence-electron chi connectivity index (χ0n) is 21.6. The molecule has 2 heterocycles. The van der Waals surface area contributed by atoms with Crippen molar-refractivity contribution in [3.8, 4) is 5.75 Å². The number of aryl methyl sites for hydroxylation is 1. The number of hydrogen-bond donors (Lipinski definition) is 1. The van der Waals surface area contributed by atoms with E-state index in [0.29, 0.717) is 11.8 Å². The van der Waals surface area contributed by atoms with Crippen molar-refractivity contribution in [2.45, 2.75) is 49.8 Å². The number of aromatic nitrogens is 1. The fraction of sp³-hybridized carbons (Fsp3) is 0.467. The van der Waals surface area contributed by atoms with Crippen molar-refractivity contribution in [2.24, 2.45) is 11.8 Å². The maximum absolute atomic E-state index is 11.3. The Hall–Kier alpha value is -2.28. The summed E-state index contributed by atoms with van der Waals surface area (Å²) in [4.78, 5) is 19.6. The number of piperidine rings is 1. The SMILES string of the molecule is COc1ccc2nccc(CCC[C@@H]3CCN(CCCSc4ccc(Cl)cc4)C[C@@H]3CCC(=O)O)c2c1. The van der Waals surface area contributed by atoms with E-state index in [9.17, 15) is 9.90 Å². The van der Waals surface area contributed by atoms with Gasteiger partial charge in [0.15, 0.2) is 0 Å². The van der Waals surface area contributed by atoms with Gasteiger partial charge in [-0.25, -0.2) is 0 Å². The third-order valence-corrected chi connectivity index (χ3v) is 8.82. The summed E-state index contributed by atoms with van der Waals surface area (Å²) in [5.41, 5.74) is 2.31. The summed E-state index contributed by atoms with van der Waals surface area (Å²) in [6.45, 7) is 3.19. The highest BCUT2D eigenvalue weighted by molar-refractivity contribution is 7.99. The third-order valence-electron chi connectivity index (χ3n) is 7.47. The largest absolute Gasteiger partial charge is 0.497 e. The molecule has 4 rings (SSSR count). The molecule has 0 unspecified atom stereocenters. The molecule has 0 radical (unpaired) electrons. The van der Waals surface area contributed by atoms with Crippen molar-refractivity contribution in [2.75, 3.05) is 32.5 Å². The highest BCUT2D eigenvalue weighted by Gasteiger charge is 2.29. The van der Waals surface area contributed by atoms with Crippen molar-refractivity contribution in [3.05, 3.63) is 65.3 Å². The standard InChI is InChI=1S/C30H37ClN2O3S/c1-36-26-9-12-29-28(20-26)23(14-16-32-29)5-2-4-22-15-18-33(21-24(22)6-13-30(34)35)17-3-19-37-27-10-7-25(31)8-11-27/h7-12,14,16,20,22,24H,2-6,13,15,17-19,21H2,1H3,(H,34,35)/t22-,24+/m1/s1. The number of likely N-dealkylation sites (tertiary alicyclic amines) is 1. The number of thioether (sulfide) groups is 1. The number of rotatable bonds is 13. The number of pyridine rings is 1. The van der Waals surface area contributed by atoms with Crippen LogP contribution in [0.4, 0.5) is 0 Å². The Bertz CT molecular complexity index is 1160. The number of halogens is 1. The Morgan fingerprint density at radius 1 is 1.14 bits per heavy atom. The summed E-state index contributed by atoms with van der Waals surface area (Å²) in [5.74, 6) is 2.28. The second-order valence-electron chi connectivity index (χ2n) is 9.94. The molecule has 198 valence electrons. The number of carbonyl (C=O) groups is 1. The van der Waals surface area contributed by atoms with Crippen molar-refractivity contribution in [1.82, 2.24) is 9.88 Å². The third kappa shape index (κ3) is 8.36. The van der Waals surface area contributed by atoms with Gasteiger partial charge >= 0.3 is 5.97 Å². The van der Waals surface area contributed by atoms with E-state index in [4.69, 9.17) is 16.3 Å². The van der Waals surface area contributed by atoms with Gasteiger partial charge in [0.25, 0.3) is 0 Å². The quantitative estimate of drug-likeness (QED) is 0.183. The van der Waals surface area contributed by atoms with Crippen molar-refractivity contribution >= 4 is 40.2 Å². The normalized spacial score (nSPS) is 18.2. The van der Waals surface area contributed by atoms with Crippen LogP contribution in [-0.4, -0.2) is 53.5 Å². The number of aliphatic carboxylic acids is 1. The van der Waals surface area contributed by atoms with E-state index >= 15 is 0 Å². The monoisotopic (exact) mass is 540 g/mol. The fourth-order valence-corrected chi connectivity index (χ4v) is 6.43. The first-order valence-corrected chi connectivity index (χ1v) is 14.6. The second kappa shape index (κ2) is 14.0. The predicted octanol–water partition coefficient (Wildman–Crippen LogP) is 7.20. The lowest BCUT2D eigenvalue weighted by Crippen LogP contribution is -2.41. The van der Waals surface area contributed by atoms with Crippen LogP contribution < -0.4 is 4.74 Å². The summed E-state index contributed by atoms with van der Waals surface area (Å²) >= 11 is 7.85. The topological polar surface area (TPSA) is 62.7 Å². The Kier molecular flexibility index (Phi) is 10.5. The van der Waals surface area contributed by atoms with E-state index in [0.717, 1.165) is 85.6 Å². The van der Waals surface area contributed by atoms with E-state index in [1.54, 1.807) is 7.11 Å². The summed E-state index contributed by atoms with van der Waals surface area (Å²) in [7, 11) is 1.69. The van der Waals surface area contributed by atoms with Crippen LogP contribution >= 0.6 is 23.4 Å². The average molecular weight is 541 g/mol. The Morgan fingerprint density at radius 3 is 2.76 bits per heavy atom. The lowest BCUT2D eigenvalue weighted by Gasteiger charge is -2.39. The van der Waals surface area contributed by atoms with Crippen molar-refractivity contribution in [1.29, 1.82) is 0 Å². The first-order valence-electron chi connectivity index (χ1n) is 13.3. The minimum Gasteiger partial charge on any atom is -0.497 e. The molecule has 1 aromatic heterocycles. The number of carboxylic acids is 1. The smallest absolute Gasteiger partial charge is 0.303 e. The molecule has 0 saturated carbocycles. The van der Waals surface area contributed by atoms with E-state index in [1.807, 2.05) is 42.2 Å². The van der Waals surface area contributed by atoms with E-state index in [-0.39, 0.29) is 6.42 Å². The highest BCUT2D eigenvalue weighted by atomic mass is 35.5. The lowest BCUT2D eigenvalue weighted by atomic mass is 9.79. The summed E-state index contributed by atoms with van der Waals surface area (Å²) in [6, 6.07) is 16.2. The van der Waals surface area contributed by atoms with Gasteiger partial charge in [0, 0.05) is 34.5 Å². The molecule has 7 heteroatoms. The minimum absolute atomic E-state index is 0.260. The molecule has 0 spiro atoms. The maximum atomic E-state index is 11.3. The van der Waals surface area contributed by atoms with Crippen LogP contribution in [0.2, 0.25) is 5.02 Å². The van der Waals surface area contributed by atoms with Crippen LogP contribution in [-0.2, 0) is 11.2 Å². The lowest BCUT2D eigenvalue weighted by molar-refractivity contribution is -0.137. The van der Waals surface area contributed by atoms with Crippen LogP contribution in [0.1, 0.15) is 44.1 Å². The van der Waals surface area contributed by atoms with E-state index in [2.05, 4.69) is 34.1 Å². The molecule has 3 aromatic rings. The average Bonchev–Trinajstić information content (AvgIpc) is 2.91. The van der Waals surface area contributed by atoms with Gasteiger partial charge in [0.1, 0.15) is 5.75 Å². The molecule has 0 bridgehead atoms.